The summed E-state index contributed by atoms with van der Waals surface area (Å²) in [6, 6.07) is 6.27. The number of allylic oxidation sites excluding steroid dienone is 1. The van der Waals surface area contributed by atoms with Crippen LogP contribution in [0.25, 0.3) is 0 Å². The predicted octanol–water partition coefficient (Wildman–Crippen LogP) is 4.25. The normalized spacial score (nSPS) is 21.1. The van der Waals surface area contributed by atoms with E-state index >= 15 is 0 Å². The molecule has 0 saturated heterocycles. The van der Waals surface area contributed by atoms with Gasteiger partial charge in [-0.1, -0.05) is 31.2 Å². The van der Waals surface area contributed by atoms with E-state index in [2.05, 4.69) is 44.2 Å². The summed E-state index contributed by atoms with van der Waals surface area (Å²) in [6.45, 7) is 5.95. The van der Waals surface area contributed by atoms with Crippen molar-refractivity contribution in [1.29, 1.82) is 0 Å². The van der Waals surface area contributed by atoms with E-state index in [1.54, 1.807) is 6.92 Å². The van der Waals surface area contributed by atoms with Gasteiger partial charge in [0.2, 0.25) is 0 Å². The summed E-state index contributed by atoms with van der Waals surface area (Å²) >= 11 is 0. The Bertz CT molecular complexity index is 502. The van der Waals surface area contributed by atoms with Crippen LogP contribution in [0.3, 0.4) is 0 Å². The van der Waals surface area contributed by atoms with Crippen LogP contribution >= 0.6 is 0 Å². The number of benzene rings is 1. The SMILES string of the molecule is CC(=O)CCCc1cccc(C)c1O[C@@H]1C=C[C@H](C)C1. The van der Waals surface area contributed by atoms with Crippen LogP contribution < -0.4 is 4.74 Å². The molecular formula is C18H24O2. The lowest BCUT2D eigenvalue weighted by Crippen LogP contribution is -2.13. The fraction of sp³-hybridized carbons (Fsp3) is 0.500. The van der Waals surface area contributed by atoms with Gasteiger partial charge in [-0.2, -0.15) is 0 Å². The number of hydrogen-bond acceptors (Lipinski definition) is 2. The van der Waals surface area contributed by atoms with Crippen LogP contribution in [0.4, 0.5) is 0 Å². The van der Waals surface area contributed by atoms with E-state index in [1.807, 2.05) is 0 Å². The molecule has 0 N–H and O–H groups in total. The molecule has 2 heteroatoms. The van der Waals surface area contributed by atoms with Crippen molar-refractivity contribution in [3.8, 4) is 5.75 Å². The molecule has 1 aliphatic rings. The molecule has 2 atom stereocenters. The lowest BCUT2D eigenvalue weighted by Gasteiger charge is -2.18. The van der Waals surface area contributed by atoms with E-state index in [9.17, 15) is 4.79 Å². The summed E-state index contributed by atoms with van der Waals surface area (Å²) in [5.74, 6) is 1.87. The molecule has 1 aromatic carbocycles. The van der Waals surface area contributed by atoms with Gasteiger partial charge in [0.15, 0.2) is 0 Å². The number of aryl methyl sites for hydroxylation is 2. The molecule has 0 radical (unpaired) electrons. The lowest BCUT2D eigenvalue weighted by atomic mass is 10.0. The maximum atomic E-state index is 11.1. The van der Waals surface area contributed by atoms with Crippen LogP contribution in [-0.2, 0) is 11.2 Å². The third-order valence-corrected chi connectivity index (χ3v) is 3.80. The van der Waals surface area contributed by atoms with Gasteiger partial charge in [0.05, 0.1) is 0 Å². The Morgan fingerprint density at radius 3 is 2.80 bits per heavy atom. The zero-order chi connectivity index (χ0) is 14.5. The Morgan fingerprint density at radius 2 is 2.15 bits per heavy atom. The number of carbonyl (C=O) groups is 1. The van der Waals surface area contributed by atoms with E-state index < -0.39 is 0 Å². The van der Waals surface area contributed by atoms with Crippen LogP contribution in [0.15, 0.2) is 30.4 Å². The Kier molecular flexibility index (Phi) is 4.99. The van der Waals surface area contributed by atoms with Gasteiger partial charge in [-0.3, -0.25) is 0 Å². The van der Waals surface area contributed by atoms with Crippen molar-refractivity contribution < 1.29 is 9.53 Å². The average Bonchev–Trinajstić information content (AvgIpc) is 2.78. The highest BCUT2D eigenvalue weighted by atomic mass is 16.5. The molecule has 2 rings (SSSR count). The Morgan fingerprint density at radius 1 is 1.35 bits per heavy atom. The highest BCUT2D eigenvalue weighted by Crippen LogP contribution is 2.29. The molecule has 1 aromatic rings. The molecule has 0 amide bonds. The van der Waals surface area contributed by atoms with Gasteiger partial charge in [-0.15, -0.1) is 0 Å². The lowest BCUT2D eigenvalue weighted by molar-refractivity contribution is -0.117. The second-order valence-corrected chi connectivity index (χ2v) is 5.87. The first-order valence-electron chi connectivity index (χ1n) is 7.49. The number of ether oxygens (including phenoxy) is 1. The van der Waals surface area contributed by atoms with E-state index in [0.717, 1.165) is 25.0 Å². The van der Waals surface area contributed by atoms with Crippen LogP contribution in [-0.4, -0.2) is 11.9 Å². The van der Waals surface area contributed by atoms with Gasteiger partial charge in [-0.05, 0) is 56.2 Å². The summed E-state index contributed by atoms with van der Waals surface area (Å²) in [5.41, 5.74) is 2.40. The molecule has 0 unspecified atom stereocenters. The van der Waals surface area contributed by atoms with Crippen LogP contribution in [0.5, 0.6) is 5.75 Å². The van der Waals surface area contributed by atoms with Gasteiger partial charge in [0.25, 0.3) is 0 Å². The van der Waals surface area contributed by atoms with Crippen molar-refractivity contribution in [3.63, 3.8) is 0 Å². The molecule has 20 heavy (non-hydrogen) atoms. The Hall–Kier alpha value is -1.57. The topological polar surface area (TPSA) is 26.3 Å². The highest BCUT2D eigenvalue weighted by molar-refractivity contribution is 5.75. The first kappa shape index (κ1) is 14.8. The first-order valence-corrected chi connectivity index (χ1v) is 7.49. The summed E-state index contributed by atoms with van der Waals surface area (Å²) in [5, 5.41) is 0. The molecular weight excluding hydrogens is 248 g/mol. The van der Waals surface area contributed by atoms with E-state index in [4.69, 9.17) is 4.74 Å². The predicted molar refractivity (Wildman–Crippen MR) is 82.1 cm³/mol. The minimum absolute atomic E-state index is 0.192. The fourth-order valence-electron chi connectivity index (χ4n) is 2.68. The van der Waals surface area contributed by atoms with Crippen molar-refractivity contribution in [2.45, 2.75) is 52.6 Å². The second kappa shape index (κ2) is 6.74. The molecule has 0 aromatic heterocycles. The molecule has 0 spiro atoms. The summed E-state index contributed by atoms with van der Waals surface area (Å²) in [6.07, 6.45) is 8.08. The van der Waals surface area contributed by atoms with Gasteiger partial charge in [0.1, 0.15) is 17.6 Å². The number of ketones is 1. The number of carbonyl (C=O) groups excluding carboxylic acids is 1. The van der Waals surface area contributed by atoms with E-state index in [1.165, 1.54) is 11.1 Å². The van der Waals surface area contributed by atoms with Gasteiger partial charge in [-0.25, -0.2) is 0 Å². The van der Waals surface area contributed by atoms with Gasteiger partial charge in [0, 0.05) is 6.42 Å². The molecule has 0 bridgehead atoms. The third-order valence-electron chi connectivity index (χ3n) is 3.80. The average molecular weight is 272 g/mol. The molecule has 1 aliphatic carbocycles. The van der Waals surface area contributed by atoms with Crippen LogP contribution in [0.2, 0.25) is 0 Å². The van der Waals surface area contributed by atoms with E-state index in [-0.39, 0.29) is 11.9 Å². The summed E-state index contributed by atoms with van der Waals surface area (Å²) in [7, 11) is 0. The smallest absolute Gasteiger partial charge is 0.129 e. The number of Topliss-reactive ketones (excluding diaryl/α,β-unsaturated/α-hetero) is 1. The zero-order valence-corrected chi connectivity index (χ0v) is 12.7. The monoisotopic (exact) mass is 272 g/mol. The zero-order valence-electron chi connectivity index (χ0n) is 12.7. The first-order chi connectivity index (χ1) is 9.56. The largest absolute Gasteiger partial charge is 0.486 e. The number of para-hydroxylation sites is 1. The molecule has 2 nitrogen and oxygen atoms in total. The molecule has 0 aliphatic heterocycles. The minimum Gasteiger partial charge on any atom is -0.486 e. The Balaban J connectivity index is 2.06. The fourth-order valence-corrected chi connectivity index (χ4v) is 2.68. The maximum Gasteiger partial charge on any atom is 0.129 e. The molecule has 0 saturated carbocycles. The van der Waals surface area contributed by atoms with Crippen LogP contribution in [0, 0.1) is 12.8 Å². The van der Waals surface area contributed by atoms with Crippen molar-refractivity contribution in [2.75, 3.05) is 0 Å². The maximum absolute atomic E-state index is 11.1. The number of hydrogen-bond donors (Lipinski definition) is 0. The van der Waals surface area contributed by atoms with Crippen molar-refractivity contribution in [2.24, 2.45) is 5.92 Å². The van der Waals surface area contributed by atoms with Crippen LogP contribution in [0.1, 0.15) is 44.2 Å². The third kappa shape index (κ3) is 3.96. The van der Waals surface area contributed by atoms with Crippen molar-refractivity contribution in [1.82, 2.24) is 0 Å². The van der Waals surface area contributed by atoms with Crippen molar-refractivity contribution >= 4 is 5.78 Å². The standard InChI is InChI=1S/C18H24O2/c1-13-10-11-17(12-13)20-18-14(2)6-4-8-16(18)9-5-7-15(3)19/h4,6,8,10-11,13,17H,5,7,9,12H2,1-3H3/t13-,17+/m0/s1. The molecule has 0 fully saturated rings. The highest BCUT2D eigenvalue weighted by Gasteiger charge is 2.18. The number of rotatable bonds is 6. The van der Waals surface area contributed by atoms with Crippen molar-refractivity contribution in [3.05, 3.63) is 41.5 Å². The van der Waals surface area contributed by atoms with Gasteiger partial charge < -0.3 is 9.53 Å². The summed E-state index contributed by atoms with van der Waals surface area (Å²) < 4.78 is 6.19. The second-order valence-electron chi connectivity index (χ2n) is 5.87. The summed E-state index contributed by atoms with van der Waals surface area (Å²) in [4.78, 5) is 11.1. The Labute approximate surface area is 121 Å². The van der Waals surface area contributed by atoms with Gasteiger partial charge >= 0.3 is 0 Å². The van der Waals surface area contributed by atoms with E-state index in [0.29, 0.717) is 12.3 Å². The minimum atomic E-state index is 0.192. The molecule has 0 heterocycles. The quantitative estimate of drug-likeness (QED) is 0.724. The molecule has 108 valence electrons.